The van der Waals surface area contributed by atoms with Crippen LogP contribution >= 0.6 is 0 Å². The van der Waals surface area contributed by atoms with Crippen molar-refractivity contribution in [2.24, 2.45) is 11.1 Å². The molecule has 3 heteroatoms. The van der Waals surface area contributed by atoms with Gasteiger partial charge < -0.3 is 10.6 Å². The molecule has 1 rings (SSSR count). The van der Waals surface area contributed by atoms with E-state index in [0.717, 1.165) is 13.0 Å². The van der Waals surface area contributed by atoms with Crippen LogP contribution in [-0.4, -0.2) is 55.6 Å². The molecule has 0 bridgehead atoms. The molecule has 0 radical (unpaired) electrons. The van der Waals surface area contributed by atoms with Crippen molar-refractivity contribution in [3.05, 3.63) is 0 Å². The monoisotopic (exact) mass is 255 g/mol. The largest absolute Gasteiger partial charge is 0.330 e. The molecule has 2 N–H and O–H groups in total. The molecular formula is C15H33N3. The maximum atomic E-state index is 5.67. The van der Waals surface area contributed by atoms with Crippen LogP contribution in [0.4, 0.5) is 0 Å². The van der Waals surface area contributed by atoms with Gasteiger partial charge in [0.2, 0.25) is 0 Å². The SMILES string of the molecule is CC1CN(C)CCCN1CCCC(C)(C)CCN. The molecule has 1 saturated heterocycles. The van der Waals surface area contributed by atoms with Crippen LogP contribution in [-0.2, 0) is 0 Å². The fourth-order valence-electron chi connectivity index (χ4n) is 3.03. The normalized spacial score (nSPS) is 24.2. The Bertz CT molecular complexity index is 228. The number of nitrogens with zero attached hydrogens (tertiary/aromatic N) is 2. The van der Waals surface area contributed by atoms with Gasteiger partial charge in [0, 0.05) is 12.6 Å². The van der Waals surface area contributed by atoms with Crippen molar-refractivity contribution < 1.29 is 0 Å². The summed E-state index contributed by atoms with van der Waals surface area (Å²) >= 11 is 0. The zero-order valence-corrected chi connectivity index (χ0v) is 12.9. The van der Waals surface area contributed by atoms with Gasteiger partial charge in [0.25, 0.3) is 0 Å². The van der Waals surface area contributed by atoms with Gasteiger partial charge in [-0.05, 0) is 71.2 Å². The van der Waals surface area contributed by atoms with Gasteiger partial charge in [-0.2, -0.15) is 0 Å². The lowest BCUT2D eigenvalue weighted by molar-refractivity contribution is 0.185. The highest BCUT2D eigenvalue weighted by Gasteiger charge is 2.21. The smallest absolute Gasteiger partial charge is 0.0194 e. The molecule has 0 aromatic rings. The van der Waals surface area contributed by atoms with Gasteiger partial charge in [0.1, 0.15) is 0 Å². The van der Waals surface area contributed by atoms with Crippen molar-refractivity contribution in [2.45, 2.75) is 52.5 Å². The molecule has 1 atom stereocenters. The van der Waals surface area contributed by atoms with E-state index in [0.29, 0.717) is 11.5 Å². The lowest BCUT2D eigenvalue weighted by Crippen LogP contribution is -2.38. The second-order valence-corrected chi connectivity index (χ2v) is 6.81. The van der Waals surface area contributed by atoms with Crippen molar-refractivity contribution >= 4 is 0 Å². The first-order valence-electron chi connectivity index (χ1n) is 7.57. The second-order valence-electron chi connectivity index (χ2n) is 6.81. The zero-order chi connectivity index (χ0) is 13.6. The average molecular weight is 255 g/mol. The summed E-state index contributed by atoms with van der Waals surface area (Å²) in [5.41, 5.74) is 6.09. The first kappa shape index (κ1) is 15.9. The van der Waals surface area contributed by atoms with Crippen molar-refractivity contribution in [1.29, 1.82) is 0 Å². The molecule has 3 nitrogen and oxygen atoms in total. The quantitative estimate of drug-likeness (QED) is 0.789. The molecule has 1 fully saturated rings. The van der Waals surface area contributed by atoms with E-state index in [1.165, 1.54) is 45.4 Å². The molecule has 0 aliphatic carbocycles. The Morgan fingerprint density at radius 3 is 2.61 bits per heavy atom. The lowest BCUT2D eigenvalue weighted by atomic mass is 9.84. The summed E-state index contributed by atoms with van der Waals surface area (Å²) in [6, 6.07) is 0.704. The summed E-state index contributed by atoms with van der Waals surface area (Å²) in [4.78, 5) is 5.13. The molecule has 1 heterocycles. The van der Waals surface area contributed by atoms with Crippen LogP contribution in [0.15, 0.2) is 0 Å². The van der Waals surface area contributed by atoms with Gasteiger partial charge in [0.15, 0.2) is 0 Å². The fourth-order valence-corrected chi connectivity index (χ4v) is 3.03. The Morgan fingerprint density at radius 2 is 1.94 bits per heavy atom. The molecule has 0 aromatic carbocycles. The first-order valence-corrected chi connectivity index (χ1v) is 7.57. The molecule has 1 unspecified atom stereocenters. The number of likely N-dealkylation sites (N-methyl/N-ethyl adjacent to an activating group) is 1. The highest BCUT2D eigenvalue weighted by molar-refractivity contribution is 4.76. The summed E-state index contributed by atoms with van der Waals surface area (Å²) in [5, 5.41) is 0. The maximum Gasteiger partial charge on any atom is 0.0194 e. The van der Waals surface area contributed by atoms with Crippen LogP contribution in [0, 0.1) is 5.41 Å². The van der Waals surface area contributed by atoms with Crippen molar-refractivity contribution in [3.8, 4) is 0 Å². The number of rotatable bonds is 6. The standard InChI is InChI=1S/C15H33N3/c1-14-13-17(4)10-6-12-18(14)11-5-7-15(2,3)8-9-16/h14H,5-13,16H2,1-4H3. The van der Waals surface area contributed by atoms with E-state index in [1.54, 1.807) is 0 Å². The van der Waals surface area contributed by atoms with E-state index in [1.807, 2.05) is 0 Å². The predicted octanol–water partition coefficient (Wildman–Crippen LogP) is 2.17. The van der Waals surface area contributed by atoms with Gasteiger partial charge >= 0.3 is 0 Å². The van der Waals surface area contributed by atoms with E-state index in [4.69, 9.17) is 5.73 Å². The Kier molecular flexibility index (Phi) is 6.61. The second kappa shape index (κ2) is 7.46. The molecule has 1 aliphatic rings. The third kappa shape index (κ3) is 5.68. The third-order valence-electron chi connectivity index (χ3n) is 4.30. The first-order chi connectivity index (χ1) is 8.44. The van der Waals surface area contributed by atoms with Gasteiger partial charge in [-0.3, -0.25) is 4.90 Å². The minimum absolute atomic E-state index is 0.417. The van der Waals surface area contributed by atoms with E-state index in [2.05, 4.69) is 37.6 Å². The lowest BCUT2D eigenvalue weighted by Gasteiger charge is -2.30. The van der Waals surface area contributed by atoms with Gasteiger partial charge in [-0.15, -0.1) is 0 Å². The van der Waals surface area contributed by atoms with Gasteiger partial charge in [-0.25, -0.2) is 0 Å². The summed E-state index contributed by atoms with van der Waals surface area (Å²) in [7, 11) is 2.24. The average Bonchev–Trinajstić information content (AvgIpc) is 2.40. The Labute approximate surface area is 114 Å². The Hall–Kier alpha value is -0.120. The van der Waals surface area contributed by atoms with Crippen LogP contribution < -0.4 is 5.73 Å². The Balaban J connectivity index is 2.29. The molecule has 108 valence electrons. The van der Waals surface area contributed by atoms with Crippen LogP contribution in [0.3, 0.4) is 0 Å². The van der Waals surface area contributed by atoms with Crippen LogP contribution in [0.25, 0.3) is 0 Å². The molecule has 0 spiro atoms. The topological polar surface area (TPSA) is 32.5 Å². The number of nitrogens with two attached hydrogens (primary N) is 1. The number of hydrogen-bond donors (Lipinski definition) is 1. The van der Waals surface area contributed by atoms with E-state index in [9.17, 15) is 0 Å². The maximum absolute atomic E-state index is 5.67. The summed E-state index contributed by atoms with van der Waals surface area (Å²) in [5.74, 6) is 0. The van der Waals surface area contributed by atoms with Crippen LogP contribution in [0.1, 0.15) is 46.5 Å². The van der Waals surface area contributed by atoms with Crippen LogP contribution in [0.5, 0.6) is 0 Å². The van der Waals surface area contributed by atoms with E-state index < -0.39 is 0 Å². The van der Waals surface area contributed by atoms with E-state index >= 15 is 0 Å². The molecule has 0 saturated carbocycles. The highest BCUT2D eigenvalue weighted by Crippen LogP contribution is 2.26. The van der Waals surface area contributed by atoms with Gasteiger partial charge in [0.05, 0.1) is 0 Å². The van der Waals surface area contributed by atoms with Gasteiger partial charge in [-0.1, -0.05) is 13.8 Å². The summed E-state index contributed by atoms with van der Waals surface area (Å²) in [6.45, 7) is 12.9. The zero-order valence-electron chi connectivity index (χ0n) is 12.9. The fraction of sp³-hybridized carbons (Fsp3) is 1.00. The van der Waals surface area contributed by atoms with Crippen LogP contribution in [0.2, 0.25) is 0 Å². The van der Waals surface area contributed by atoms with E-state index in [-0.39, 0.29) is 0 Å². The predicted molar refractivity (Wildman–Crippen MR) is 79.8 cm³/mol. The van der Waals surface area contributed by atoms with Crippen molar-refractivity contribution in [2.75, 3.05) is 39.8 Å². The number of hydrogen-bond acceptors (Lipinski definition) is 3. The summed E-state index contributed by atoms with van der Waals surface area (Å²) in [6.07, 6.45) is 5.06. The highest BCUT2D eigenvalue weighted by atomic mass is 15.2. The third-order valence-corrected chi connectivity index (χ3v) is 4.30. The minimum atomic E-state index is 0.417. The molecule has 1 aliphatic heterocycles. The van der Waals surface area contributed by atoms with Crippen molar-refractivity contribution in [3.63, 3.8) is 0 Å². The summed E-state index contributed by atoms with van der Waals surface area (Å²) < 4.78 is 0. The van der Waals surface area contributed by atoms with Crippen molar-refractivity contribution in [1.82, 2.24) is 9.80 Å². The molecule has 0 amide bonds. The molecule has 0 aromatic heterocycles. The Morgan fingerprint density at radius 1 is 1.22 bits per heavy atom. The molecular weight excluding hydrogens is 222 g/mol. The minimum Gasteiger partial charge on any atom is -0.330 e. The molecule has 18 heavy (non-hydrogen) atoms.